The molecule has 3 rings (SSSR count). The molecule has 0 aliphatic carbocycles. The number of H-pyrrole nitrogens is 1. The molecular weight excluding hydrogens is 350 g/mol. The number of para-hydroxylation sites is 3. The third-order valence-corrected chi connectivity index (χ3v) is 3.64. The van der Waals surface area contributed by atoms with Crippen LogP contribution in [-0.4, -0.2) is 26.7 Å². The first-order chi connectivity index (χ1) is 13.0. The number of carbonyl (C=O) groups is 2. The second kappa shape index (κ2) is 7.91. The number of carbonyl (C=O) groups excluding carboxylic acids is 2. The molecule has 1 heterocycles. The fraction of sp³-hybridized carbons (Fsp3) is 0.0556. The summed E-state index contributed by atoms with van der Waals surface area (Å²) in [5.74, 6) is -0.606. The highest BCUT2D eigenvalue weighted by molar-refractivity contribution is 5.93. The Kier molecular flexibility index (Phi) is 5.22. The minimum absolute atomic E-state index is 0.0389. The average Bonchev–Trinajstić information content (AvgIpc) is 3.07. The summed E-state index contributed by atoms with van der Waals surface area (Å²) in [6.07, 6.45) is 2.37. The topological polar surface area (TPSA) is 130 Å². The van der Waals surface area contributed by atoms with Gasteiger partial charge < -0.3 is 4.98 Å². The largest absolute Gasteiger partial charge is 0.342 e. The zero-order valence-electron chi connectivity index (χ0n) is 14.0. The minimum atomic E-state index is -0.619. The van der Waals surface area contributed by atoms with Crippen LogP contribution in [0.25, 0.3) is 17.1 Å². The lowest BCUT2D eigenvalue weighted by molar-refractivity contribution is -0.385. The zero-order chi connectivity index (χ0) is 19.2. The van der Waals surface area contributed by atoms with Crippen LogP contribution in [0.5, 0.6) is 0 Å². The highest BCUT2D eigenvalue weighted by Gasteiger charge is 2.11. The van der Waals surface area contributed by atoms with Gasteiger partial charge in [0.1, 0.15) is 5.82 Å². The number of aromatic amines is 1. The molecule has 0 spiro atoms. The maximum atomic E-state index is 11.9. The van der Waals surface area contributed by atoms with E-state index >= 15 is 0 Å². The summed E-state index contributed by atoms with van der Waals surface area (Å²) in [5, 5.41) is 10.9. The molecule has 0 unspecified atom stereocenters. The maximum absolute atomic E-state index is 11.9. The van der Waals surface area contributed by atoms with Crippen LogP contribution in [0.3, 0.4) is 0 Å². The van der Waals surface area contributed by atoms with E-state index in [1.165, 1.54) is 24.3 Å². The van der Waals surface area contributed by atoms with Crippen LogP contribution in [0.1, 0.15) is 11.4 Å². The second-order valence-electron chi connectivity index (χ2n) is 5.56. The monoisotopic (exact) mass is 365 g/mol. The number of imidazole rings is 1. The number of nitrogens with one attached hydrogen (secondary N) is 3. The van der Waals surface area contributed by atoms with Crippen molar-refractivity contribution in [3.05, 3.63) is 76.1 Å². The van der Waals surface area contributed by atoms with Gasteiger partial charge in [-0.15, -0.1) is 0 Å². The van der Waals surface area contributed by atoms with E-state index in [1.54, 1.807) is 6.07 Å². The van der Waals surface area contributed by atoms with E-state index in [0.29, 0.717) is 5.82 Å². The van der Waals surface area contributed by atoms with E-state index in [2.05, 4.69) is 20.8 Å². The first-order valence-corrected chi connectivity index (χ1v) is 7.97. The third-order valence-electron chi connectivity index (χ3n) is 3.64. The second-order valence-corrected chi connectivity index (χ2v) is 5.56. The van der Waals surface area contributed by atoms with Crippen molar-refractivity contribution in [3.63, 3.8) is 0 Å². The molecular formula is C18H15N5O4. The van der Waals surface area contributed by atoms with Gasteiger partial charge in [0.2, 0.25) is 5.91 Å². The lowest BCUT2D eigenvalue weighted by atomic mass is 10.1. The number of benzene rings is 2. The summed E-state index contributed by atoms with van der Waals surface area (Å²) >= 11 is 0. The number of hydrazine groups is 1. The molecule has 0 saturated carbocycles. The van der Waals surface area contributed by atoms with E-state index in [9.17, 15) is 19.7 Å². The number of amides is 2. The molecule has 3 aromatic rings. The average molecular weight is 365 g/mol. The molecule has 9 heteroatoms. The summed E-state index contributed by atoms with van der Waals surface area (Å²) in [7, 11) is 0. The quantitative estimate of drug-likeness (QED) is 0.361. The Morgan fingerprint density at radius 1 is 1.11 bits per heavy atom. The molecule has 9 nitrogen and oxygen atoms in total. The molecule has 0 aliphatic rings. The van der Waals surface area contributed by atoms with Crippen LogP contribution in [-0.2, 0) is 16.0 Å². The first kappa shape index (κ1) is 17.8. The zero-order valence-corrected chi connectivity index (χ0v) is 14.0. The van der Waals surface area contributed by atoms with Gasteiger partial charge in [-0.05, 0) is 24.3 Å². The Balaban J connectivity index is 1.54. The summed E-state index contributed by atoms with van der Waals surface area (Å²) in [4.78, 5) is 41.4. The number of nitrogens with zero attached hydrogens (tertiary/aromatic N) is 2. The van der Waals surface area contributed by atoms with Crippen molar-refractivity contribution >= 4 is 34.6 Å². The molecule has 0 saturated heterocycles. The number of hydrogen-bond donors (Lipinski definition) is 3. The summed E-state index contributed by atoms with van der Waals surface area (Å²) in [5.41, 5.74) is 6.22. The van der Waals surface area contributed by atoms with Crippen molar-refractivity contribution in [2.45, 2.75) is 6.42 Å². The highest BCUT2D eigenvalue weighted by Crippen LogP contribution is 2.18. The third kappa shape index (κ3) is 4.54. The summed E-state index contributed by atoms with van der Waals surface area (Å²) in [6, 6.07) is 13.4. The van der Waals surface area contributed by atoms with Gasteiger partial charge in [-0.2, -0.15) is 0 Å². The number of hydrogen-bond acceptors (Lipinski definition) is 5. The lowest BCUT2D eigenvalue weighted by Gasteiger charge is -2.03. The van der Waals surface area contributed by atoms with Gasteiger partial charge in [0, 0.05) is 12.1 Å². The summed E-state index contributed by atoms with van der Waals surface area (Å²) < 4.78 is 0. The predicted molar refractivity (Wildman–Crippen MR) is 98.2 cm³/mol. The molecule has 0 atom stereocenters. The van der Waals surface area contributed by atoms with Gasteiger partial charge in [0.05, 0.1) is 27.9 Å². The van der Waals surface area contributed by atoms with Gasteiger partial charge in [-0.1, -0.05) is 24.3 Å². The fourth-order valence-electron chi connectivity index (χ4n) is 2.42. The van der Waals surface area contributed by atoms with Crippen LogP contribution in [0.4, 0.5) is 5.69 Å². The Morgan fingerprint density at radius 3 is 2.63 bits per heavy atom. The van der Waals surface area contributed by atoms with E-state index in [0.717, 1.165) is 17.1 Å². The SMILES string of the molecule is O=C(C=Cc1ccccc1[N+](=O)[O-])NNC(=O)Cc1nc2ccccc2[nH]1. The van der Waals surface area contributed by atoms with Crippen molar-refractivity contribution in [3.8, 4) is 0 Å². The molecule has 3 N–H and O–H groups in total. The van der Waals surface area contributed by atoms with Crippen LogP contribution >= 0.6 is 0 Å². The Bertz CT molecular complexity index is 1010. The first-order valence-electron chi connectivity index (χ1n) is 7.97. The highest BCUT2D eigenvalue weighted by atomic mass is 16.6. The Labute approximate surface area is 153 Å². The lowest BCUT2D eigenvalue weighted by Crippen LogP contribution is -2.41. The van der Waals surface area contributed by atoms with E-state index in [4.69, 9.17) is 0 Å². The number of aromatic nitrogens is 2. The van der Waals surface area contributed by atoms with Crippen molar-refractivity contribution in [1.82, 2.24) is 20.8 Å². The molecule has 0 radical (unpaired) electrons. The van der Waals surface area contributed by atoms with Gasteiger partial charge >= 0.3 is 0 Å². The number of rotatable bonds is 5. The molecule has 2 amide bonds. The molecule has 136 valence electrons. The van der Waals surface area contributed by atoms with Crippen LogP contribution in [0.2, 0.25) is 0 Å². The normalized spacial score (nSPS) is 10.8. The molecule has 0 aliphatic heterocycles. The van der Waals surface area contributed by atoms with E-state index < -0.39 is 16.7 Å². The Morgan fingerprint density at radius 2 is 1.85 bits per heavy atom. The maximum Gasteiger partial charge on any atom is 0.276 e. The van der Waals surface area contributed by atoms with E-state index in [1.807, 2.05) is 24.3 Å². The fourth-order valence-corrected chi connectivity index (χ4v) is 2.42. The van der Waals surface area contributed by atoms with Gasteiger partial charge in [-0.25, -0.2) is 4.98 Å². The van der Waals surface area contributed by atoms with Gasteiger partial charge in [0.15, 0.2) is 0 Å². The van der Waals surface area contributed by atoms with E-state index in [-0.39, 0.29) is 17.7 Å². The van der Waals surface area contributed by atoms with Crippen molar-refractivity contribution < 1.29 is 14.5 Å². The van der Waals surface area contributed by atoms with Crippen molar-refractivity contribution in [2.24, 2.45) is 0 Å². The van der Waals surface area contributed by atoms with Crippen LogP contribution in [0, 0.1) is 10.1 Å². The minimum Gasteiger partial charge on any atom is -0.342 e. The Hall–Kier alpha value is -4.01. The molecule has 27 heavy (non-hydrogen) atoms. The number of nitro benzene ring substituents is 1. The number of fused-ring (bicyclic) bond motifs is 1. The smallest absolute Gasteiger partial charge is 0.276 e. The van der Waals surface area contributed by atoms with Gasteiger partial charge in [-0.3, -0.25) is 30.6 Å². The van der Waals surface area contributed by atoms with Crippen molar-refractivity contribution in [2.75, 3.05) is 0 Å². The predicted octanol–water partition coefficient (Wildman–Crippen LogP) is 1.87. The molecule has 0 fully saturated rings. The molecule has 2 aromatic carbocycles. The molecule has 1 aromatic heterocycles. The number of nitro groups is 1. The standard InChI is InChI=1S/C18H15N5O4/c24-17(10-9-12-5-1-4-8-15(12)23(26)27)21-22-18(25)11-16-19-13-6-2-3-7-14(13)20-16/h1-10H,11H2,(H,19,20)(H,21,24)(H,22,25). The summed E-state index contributed by atoms with van der Waals surface area (Å²) in [6.45, 7) is 0. The van der Waals surface area contributed by atoms with Crippen molar-refractivity contribution in [1.29, 1.82) is 0 Å². The van der Waals surface area contributed by atoms with Crippen LogP contribution < -0.4 is 10.9 Å². The van der Waals surface area contributed by atoms with Gasteiger partial charge in [0.25, 0.3) is 11.6 Å². The molecule has 0 bridgehead atoms. The van der Waals surface area contributed by atoms with Crippen LogP contribution in [0.15, 0.2) is 54.6 Å².